The van der Waals surface area contributed by atoms with Crippen molar-refractivity contribution in [2.24, 2.45) is 5.92 Å². The Morgan fingerprint density at radius 1 is 1.32 bits per heavy atom. The Kier molecular flexibility index (Phi) is 5.69. The third kappa shape index (κ3) is 6.50. The Hall–Kier alpha value is -1.20. The lowest BCUT2D eigenvalue weighted by molar-refractivity contribution is -0.135. The van der Waals surface area contributed by atoms with Crippen LogP contribution in [0.1, 0.15) is 38.8 Å². The van der Waals surface area contributed by atoms with Crippen LogP contribution in [-0.2, 0) is 6.54 Å². The van der Waals surface area contributed by atoms with Gasteiger partial charge in [0.05, 0.1) is 5.69 Å². The average molecular weight is 277 g/mol. The van der Waals surface area contributed by atoms with Gasteiger partial charge in [-0.05, 0) is 25.7 Å². The number of aryl methyl sites for hydroxylation is 1. The fourth-order valence-corrected chi connectivity index (χ4v) is 1.87. The van der Waals surface area contributed by atoms with Crippen molar-refractivity contribution in [1.82, 2.24) is 9.55 Å². The topological polar surface area (TPSA) is 29.9 Å². The van der Waals surface area contributed by atoms with Gasteiger partial charge in [-0.2, -0.15) is 13.2 Å². The summed E-state index contributed by atoms with van der Waals surface area (Å²) < 4.78 is 38.0. The Morgan fingerprint density at radius 3 is 2.58 bits per heavy atom. The molecule has 0 amide bonds. The highest BCUT2D eigenvalue weighted by Crippen LogP contribution is 2.22. The van der Waals surface area contributed by atoms with Crippen molar-refractivity contribution in [2.45, 2.75) is 52.8 Å². The summed E-state index contributed by atoms with van der Waals surface area (Å²) in [6, 6.07) is 0. The summed E-state index contributed by atoms with van der Waals surface area (Å²) in [5.41, 5.74) is 0.915. The van der Waals surface area contributed by atoms with Crippen LogP contribution in [0.2, 0.25) is 0 Å². The maximum absolute atomic E-state index is 12.0. The van der Waals surface area contributed by atoms with E-state index in [1.165, 1.54) is 0 Å². The molecule has 0 aliphatic heterocycles. The molecule has 0 fully saturated rings. The van der Waals surface area contributed by atoms with Gasteiger partial charge < -0.3 is 9.88 Å². The van der Waals surface area contributed by atoms with Crippen LogP contribution in [0, 0.1) is 12.8 Å². The maximum Gasteiger partial charge on any atom is 0.389 e. The fourth-order valence-electron chi connectivity index (χ4n) is 1.87. The zero-order chi connectivity index (χ0) is 14.5. The Balaban J connectivity index is 2.36. The van der Waals surface area contributed by atoms with Crippen LogP contribution < -0.4 is 5.32 Å². The van der Waals surface area contributed by atoms with Crippen molar-refractivity contribution in [3.63, 3.8) is 0 Å². The number of alkyl halides is 3. The Bertz CT molecular complexity index is 383. The van der Waals surface area contributed by atoms with E-state index in [0.29, 0.717) is 18.9 Å². The van der Waals surface area contributed by atoms with Crippen LogP contribution in [0.15, 0.2) is 6.20 Å². The Labute approximate surface area is 112 Å². The molecule has 0 atom stereocenters. The van der Waals surface area contributed by atoms with Crippen LogP contribution in [0.4, 0.5) is 19.1 Å². The molecule has 0 saturated heterocycles. The number of halogens is 3. The normalized spacial score (nSPS) is 12.2. The van der Waals surface area contributed by atoms with E-state index < -0.39 is 12.6 Å². The van der Waals surface area contributed by atoms with Crippen molar-refractivity contribution in [1.29, 1.82) is 0 Å². The minimum atomic E-state index is -4.05. The maximum atomic E-state index is 12.0. The molecule has 0 unspecified atom stereocenters. The highest BCUT2D eigenvalue weighted by Gasteiger charge is 2.25. The minimum Gasteiger partial charge on any atom is -0.356 e. The summed E-state index contributed by atoms with van der Waals surface area (Å²) in [7, 11) is 0. The molecule has 0 saturated carbocycles. The van der Waals surface area contributed by atoms with Crippen molar-refractivity contribution >= 4 is 5.95 Å². The molecular formula is C13H22F3N3. The number of aromatic nitrogens is 2. The van der Waals surface area contributed by atoms with E-state index in [-0.39, 0.29) is 6.42 Å². The first kappa shape index (κ1) is 15.9. The van der Waals surface area contributed by atoms with Crippen LogP contribution >= 0.6 is 0 Å². The van der Waals surface area contributed by atoms with Crippen LogP contribution in [-0.4, -0.2) is 22.3 Å². The molecular weight excluding hydrogens is 255 g/mol. The van der Waals surface area contributed by atoms with Crippen LogP contribution in [0.25, 0.3) is 0 Å². The molecule has 1 rings (SSSR count). The molecule has 0 aromatic carbocycles. The fraction of sp³-hybridized carbons (Fsp3) is 0.769. The molecule has 0 aliphatic carbocycles. The molecule has 3 nitrogen and oxygen atoms in total. The zero-order valence-electron chi connectivity index (χ0n) is 11.7. The Morgan fingerprint density at radius 2 is 2.00 bits per heavy atom. The lowest BCUT2D eigenvalue weighted by Crippen LogP contribution is -2.12. The number of hydrogen-bond donors (Lipinski definition) is 1. The minimum absolute atomic E-state index is 0.153. The molecule has 6 heteroatoms. The van der Waals surface area contributed by atoms with Gasteiger partial charge in [-0.15, -0.1) is 0 Å². The quantitative estimate of drug-likeness (QED) is 0.764. The van der Waals surface area contributed by atoms with Gasteiger partial charge in [0.2, 0.25) is 5.95 Å². The lowest BCUT2D eigenvalue weighted by atomic mass is 10.2. The molecule has 1 N–H and O–H groups in total. The third-order valence-corrected chi connectivity index (χ3v) is 2.63. The second-order valence-electron chi connectivity index (χ2n) is 5.25. The SMILES string of the molecule is Cc1cn(CC(C)C)c(NCCCCC(F)(F)F)n1. The monoisotopic (exact) mass is 277 g/mol. The van der Waals surface area contributed by atoms with Crippen molar-refractivity contribution in [3.05, 3.63) is 11.9 Å². The number of anilines is 1. The van der Waals surface area contributed by atoms with E-state index in [9.17, 15) is 13.2 Å². The molecule has 110 valence electrons. The second kappa shape index (κ2) is 6.82. The van der Waals surface area contributed by atoms with Crippen LogP contribution in [0.5, 0.6) is 0 Å². The summed E-state index contributed by atoms with van der Waals surface area (Å²) in [6.45, 7) is 7.51. The molecule has 0 spiro atoms. The van der Waals surface area contributed by atoms with E-state index in [0.717, 1.165) is 18.2 Å². The van der Waals surface area contributed by atoms with Gasteiger partial charge in [0.15, 0.2) is 0 Å². The summed E-state index contributed by atoms with van der Waals surface area (Å²) in [6.07, 6.45) is -2.16. The van der Waals surface area contributed by atoms with Crippen LogP contribution in [0.3, 0.4) is 0 Å². The zero-order valence-corrected chi connectivity index (χ0v) is 11.7. The van der Waals surface area contributed by atoms with E-state index in [1.54, 1.807) is 0 Å². The smallest absolute Gasteiger partial charge is 0.356 e. The summed E-state index contributed by atoms with van der Waals surface area (Å²) >= 11 is 0. The molecule has 1 aromatic heterocycles. The molecule has 0 radical (unpaired) electrons. The average Bonchev–Trinajstić information content (AvgIpc) is 2.55. The van der Waals surface area contributed by atoms with Gasteiger partial charge in [0.1, 0.15) is 0 Å². The number of rotatable bonds is 7. The molecule has 0 bridgehead atoms. The number of nitrogens with one attached hydrogen (secondary N) is 1. The first-order valence-electron chi connectivity index (χ1n) is 6.62. The predicted octanol–water partition coefficient (Wildman–Crippen LogP) is 3.99. The van der Waals surface area contributed by atoms with Gasteiger partial charge in [-0.25, -0.2) is 4.98 Å². The molecule has 19 heavy (non-hydrogen) atoms. The number of unbranched alkanes of at least 4 members (excludes halogenated alkanes) is 1. The highest BCUT2D eigenvalue weighted by molar-refractivity contribution is 5.28. The van der Waals surface area contributed by atoms with Gasteiger partial charge in [-0.3, -0.25) is 0 Å². The lowest BCUT2D eigenvalue weighted by Gasteiger charge is -2.12. The third-order valence-electron chi connectivity index (χ3n) is 2.63. The number of imidazole rings is 1. The number of hydrogen-bond acceptors (Lipinski definition) is 2. The molecule has 0 aliphatic rings. The van der Waals surface area contributed by atoms with Crippen molar-refractivity contribution in [2.75, 3.05) is 11.9 Å². The van der Waals surface area contributed by atoms with E-state index in [1.807, 2.05) is 17.7 Å². The molecule has 1 heterocycles. The van der Waals surface area contributed by atoms with Gasteiger partial charge in [-0.1, -0.05) is 13.8 Å². The largest absolute Gasteiger partial charge is 0.389 e. The van der Waals surface area contributed by atoms with Gasteiger partial charge in [0, 0.05) is 25.7 Å². The van der Waals surface area contributed by atoms with Gasteiger partial charge in [0.25, 0.3) is 0 Å². The first-order chi connectivity index (χ1) is 8.78. The summed E-state index contributed by atoms with van der Waals surface area (Å²) in [5.74, 6) is 1.25. The van der Waals surface area contributed by atoms with Crippen molar-refractivity contribution < 1.29 is 13.2 Å². The second-order valence-corrected chi connectivity index (χ2v) is 5.25. The number of nitrogens with zero attached hydrogens (tertiary/aromatic N) is 2. The highest BCUT2D eigenvalue weighted by atomic mass is 19.4. The summed E-state index contributed by atoms with van der Waals surface area (Å²) in [5, 5.41) is 3.11. The van der Waals surface area contributed by atoms with E-state index >= 15 is 0 Å². The standard InChI is InChI=1S/C13H22F3N3/c1-10(2)8-19-9-11(3)18-12(19)17-7-5-4-6-13(14,15)16/h9-10H,4-8H2,1-3H3,(H,17,18). The summed E-state index contributed by atoms with van der Waals surface area (Å²) in [4.78, 5) is 4.34. The molecule has 1 aromatic rings. The predicted molar refractivity (Wildman–Crippen MR) is 70.2 cm³/mol. The van der Waals surface area contributed by atoms with Crippen molar-refractivity contribution in [3.8, 4) is 0 Å². The van der Waals surface area contributed by atoms with E-state index in [2.05, 4.69) is 24.1 Å². The van der Waals surface area contributed by atoms with E-state index in [4.69, 9.17) is 0 Å². The van der Waals surface area contributed by atoms with Gasteiger partial charge >= 0.3 is 6.18 Å². The first-order valence-corrected chi connectivity index (χ1v) is 6.62.